The van der Waals surface area contributed by atoms with Crippen LogP contribution in [0.4, 0.5) is 0 Å². The Morgan fingerprint density at radius 1 is 1.45 bits per heavy atom. The molecule has 0 aromatic carbocycles. The number of hydrogen-bond acceptors (Lipinski definition) is 4. The number of aromatic nitrogens is 4. The van der Waals surface area contributed by atoms with Gasteiger partial charge in [-0.1, -0.05) is 19.8 Å². The molecule has 1 saturated carbocycles. The summed E-state index contributed by atoms with van der Waals surface area (Å²) in [5.41, 5.74) is 0.505. The summed E-state index contributed by atoms with van der Waals surface area (Å²) < 4.78 is 3.03. The van der Waals surface area contributed by atoms with Crippen LogP contribution in [0.25, 0.3) is 5.65 Å². The molecule has 0 aliphatic heterocycles. The van der Waals surface area contributed by atoms with Gasteiger partial charge >= 0.3 is 5.69 Å². The minimum atomic E-state index is -0.0961. The van der Waals surface area contributed by atoms with Crippen molar-refractivity contribution in [1.82, 2.24) is 24.5 Å². The molecule has 0 spiro atoms. The number of nitrogens with one attached hydrogen (secondary N) is 1. The fraction of sp³-hybridized carbons (Fsp3) is 0.643. The second-order valence-electron chi connectivity index (χ2n) is 5.73. The van der Waals surface area contributed by atoms with Crippen molar-refractivity contribution < 1.29 is 0 Å². The van der Waals surface area contributed by atoms with Crippen LogP contribution in [-0.2, 0) is 6.54 Å². The van der Waals surface area contributed by atoms with Crippen molar-refractivity contribution in [2.75, 3.05) is 6.54 Å². The average molecular weight is 275 g/mol. The molecule has 2 heterocycles. The Labute approximate surface area is 117 Å². The second kappa shape index (κ2) is 5.75. The molecule has 2 aromatic rings. The smallest absolute Gasteiger partial charge is 0.312 e. The van der Waals surface area contributed by atoms with Crippen LogP contribution in [-0.4, -0.2) is 31.8 Å². The van der Waals surface area contributed by atoms with Gasteiger partial charge in [-0.05, 0) is 18.8 Å². The summed E-state index contributed by atoms with van der Waals surface area (Å²) in [6, 6.07) is 0.591. The standard InChI is InChI=1S/C14H21N5O/c1-11-3-2-4-12(9-11)16-6-8-19-14(20)18-7-5-15-10-13(18)17-19/h5,7,10-12,16H,2-4,6,8-9H2,1H3. The average Bonchev–Trinajstić information content (AvgIpc) is 2.76. The van der Waals surface area contributed by atoms with Gasteiger partial charge in [-0.25, -0.2) is 13.9 Å². The molecule has 0 saturated heterocycles. The highest BCUT2D eigenvalue weighted by Crippen LogP contribution is 2.23. The van der Waals surface area contributed by atoms with E-state index in [9.17, 15) is 4.79 Å². The summed E-state index contributed by atoms with van der Waals surface area (Å²) in [6.45, 7) is 3.70. The summed E-state index contributed by atoms with van der Waals surface area (Å²) in [4.78, 5) is 16.0. The Balaban J connectivity index is 1.60. The van der Waals surface area contributed by atoms with Crippen LogP contribution >= 0.6 is 0 Å². The summed E-state index contributed by atoms with van der Waals surface area (Å²) in [5, 5.41) is 7.82. The molecule has 2 aromatic heterocycles. The zero-order valence-corrected chi connectivity index (χ0v) is 11.8. The Kier molecular flexibility index (Phi) is 3.82. The highest BCUT2D eigenvalue weighted by atomic mass is 16.2. The summed E-state index contributed by atoms with van der Waals surface area (Å²) >= 11 is 0. The molecule has 3 rings (SSSR count). The van der Waals surface area contributed by atoms with E-state index in [0.29, 0.717) is 18.2 Å². The summed E-state index contributed by atoms with van der Waals surface area (Å²) in [6.07, 6.45) is 9.99. The van der Waals surface area contributed by atoms with E-state index in [2.05, 4.69) is 22.3 Å². The van der Waals surface area contributed by atoms with E-state index in [1.165, 1.54) is 34.8 Å². The highest BCUT2D eigenvalue weighted by Gasteiger charge is 2.18. The molecule has 1 aliphatic rings. The van der Waals surface area contributed by atoms with Crippen molar-refractivity contribution in [3.05, 3.63) is 29.1 Å². The highest BCUT2D eigenvalue weighted by molar-refractivity contribution is 5.31. The van der Waals surface area contributed by atoms with E-state index in [0.717, 1.165) is 12.5 Å². The lowest BCUT2D eigenvalue weighted by Gasteiger charge is -2.27. The van der Waals surface area contributed by atoms with Crippen molar-refractivity contribution in [2.45, 2.75) is 45.2 Å². The van der Waals surface area contributed by atoms with Crippen molar-refractivity contribution in [3.63, 3.8) is 0 Å². The Hall–Kier alpha value is -1.69. The van der Waals surface area contributed by atoms with Crippen LogP contribution in [0.3, 0.4) is 0 Å². The predicted octanol–water partition coefficient (Wildman–Crippen LogP) is 1.06. The maximum Gasteiger partial charge on any atom is 0.350 e. The second-order valence-corrected chi connectivity index (χ2v) is 5.73. The Morgan fingerprint density at radius 2 is 2.35 bits per heavy atom. The van der Waals surface area contributed by atoms with Gasteiger partial charge in [-0.2, -0.15) is 0 Å². The monoisotopic (exact) mass is 275 g/mol. The number of fused-ring (bicyclic) bond motifs is 1. The maximum absolute atomic E-state index is 12.1. The molecule has 20 heavy (non-hydrogen) atoms. The van der Waals surface area contributed by atoms with Crippen LogP contribution < -0.4 is 11.0 Å². The first kappa shape index (κ1) is 13.3. The number of nitrogens with zero attached hydrogens (tertiary/aromatic N) is 4. The molecular formula is C14H21N5O. The van der Waals surface area contributed by atoms with Gasteiger partial charge in [0.05, 0.1) is 12.7 Å². The van der Waals surface area contributed by atoms with E-state index >= 15 is 0 Å². The summed E-state index contributed by atoms with van der Waals surface area (Å²) in [5.74, 6) is 0.810. The third-order valence-electron chi connectivity index (χ3n) is 4.08. The lowest BCUT2D eigenvalue weighted by atomic mass is 9.87. The first-order valence-electron chi connectivity index (χ1n) is 7.36. The van der Waals surface area contributed by atoms with E-state index in [4.69, 9.17) is 0 Å². The zero-order valence-electron chi connectivity index (χ0n) is 11.8. The van der Waals surface area contributed by atoms with E-state index in [1.807, 2.05) is 0 Å². The van der Waals surface area contributed by atoms with Crippen molar-refractivity contribution >= 4 is 5.65 Å². The predicted molar refractivity (Wildman–Crippen MR) is 76.7 cm³/mol. The Morgan fingerprint density at radius 3 is 3.15 bits per heavy atom. The van der Waals surface area contributed by atoms with Gasteiger partial charge in [0.2, 0.25) is 0 Å². The minimum absolute atomic E-state index is 0.0961. The van der Waals surface area contributed by atoms with Crippen LogP contribution in [0.5, 0.6) is 0 Å². The molecule has 6 nitrogen and oxygen atoms in total. The fourth-order valence-corrected chi connectivity index (χ4v) is 3.02. The van der Waals surface area contributed by atoms with Crippen LogP contribution in [0.1, 0.15) is 32.6 Å². The van der Waals surface area contributed by atoms with Gasteiger partial charge in [-0.3, -0.25) is 4.98 Å². The molecule has 1 fully saturated rings. The third kappa shape index (κ3) is 2.75. The molecule has 2 atom stereocenters. The molecule has 0 bridgehead atoms. The van der Waals surface area contributed by atoms with Gasteiger partial charge in [0, 0.05) is 25.0 Å². The van der Waals surface area contributed by atoms with Crippen molar-refractivity contribution in [3.8, 4) is 0 Å². The largest absolute Gasteiger partial charge is 0.350 e. The molecule has 1 aliphatic carbocycles. The molecular weight excluding hydrogens is 254 g/mol. The quantitative estimate of drug-likeness (QED) is 0.906. The minimum Gasteiger partial charge on any atom is -0.312 e. The molecule has 108 valence electrons. The first-order valence-corrected chi connectivity index (χ1v) is 7.36. The molecule has 1 N–H and O–H groups in total. The van der Waals surface area contributed by atoms with Crippen molar-refractivity contribution in [1.29, 1.82) is 0 Å². The maximum atomic E-state index is 12.1. The summed E-state index contributed by atoms with van der Waals surface area (Å²) in [7, 11) is 0. The third-order valence-corrected chi connectivity index (χ3v) is 4.08. The number of hydrogen-bond donors (Lipinski definition) is 1. The van der Waals surface area contributed by atoms with Crippen LogP contribution in [0.2, 0.25) is 0 Å². The first-order chi connectivity index (χ1) is 9.74. The number of rotatable bonds is 4. The van der Waals surface area contributed by atoms with Gasteiger partial charge in [0.1, 0.15) is 0 Å². The topological polar surface area (TPSA) is 64.2 Å². The molecule has 2 unspecified atom stereocenters. The van der Waals surface area contributed by atoms with E-state index in [-0.39, 0.29) is 5.69 Å². The lowest BCUT2D eigenvalue weighted by molar-refractivity contribution is 0.297. The molecule has 0 amide bonds. The Bertz CT molecular complexity index is 632. The fourth-order valence-electron chi connectivity index (χ4n) is 3.02. The van der Waals surface area contributed by atoms with Gasteiger partial charge in [0.15, 0.2) is 5.65 Å². The van der Waals surface area contributed by atoms with E-state index < -0.39 is 0 Å². The molecule has 0 radical (unpaired) electrons. The van der Waals surface area contributed by atoms with Crippen molar-refractivity contribution in [2.24, 2.45) is 5.92 Å². The lowest BCUT2D eigenvalue weighted by Crippen LogP contribution is -2.37. The van der Waals surface area contributed by atoms with E-state index in [1.54, 1.807) is 18.6 Å². The van der Waals surface area contributed by atoms with Gasteiger partial charge in [-0.15, -0.1) is 5.10 Å². The normalized spacial score (nSPS) is 23.2. The van der Waals surface area contributed by atoms with Gasteiger partial charge < -0.3 is 5.32 Å². The molecule has 6 heteroatoms. The van der Waals surface area contributed by atoms with Gasteiger partial charge in [0.25, 0.3) is 0 Å². The SMILES string of the molecule is CC1CCCC(NCCn2nc3cnccn3c2=O)C1. The van der Waals surface area contributed by atoms with Crippen LogP contribution in [0, 0.1) is 5.92 Å². The zero-order chi connectivity index (χ0) is 13.9. The van der Waals surface area contributed by atoms with Crippen LogP contribution in [0.15, 0.2) is 23.4 Å².